The quantitative estimate of drug-likeness (QED) is 0.638. The van der Waals surface area contributed by atoms with E-state index >= 15 is 0 Å². The number of carbonyl (C=O) groups excluding carboxylic acids is 1. The fraction of sp³-hybridized carbons (Fsp3) is 0.333. The van der Waals surface area contributed by atoms with Crippen molar-refractivity contribution in [1.29, 1.82) is 5.26 Å². The molecule has 158 valence electrons. The number of hydrogen-bond acceptors (Lipinski definition) is 6. The van der Waals surface area contributed by atoms with Crippen molar-refractivity contribution in [2.24, 2.45) is 5.92 Å². The molecule has 3 aromatic rings. The summed E-state index contributed by atoms with van der Waals surface area (Å²) in [6.07, 6.45) is 3.12. The van der Waals surface area contributed by atoms with Crippen LogP contribution in [0.15, 0.2) is 35.8 Å². The van der Waals surface area contributed by atoms with Gasteiger partial charge in [-0.15, -0.1) is 11.3 Å². The fourth-order valence-corrected chi connectivity index (χ4v) is 4.95. The minimum absolute atomic E-state index is 0.0330. The number of pyridine rings is 1. The summed E-state index contributed by atoms with van der Waals surface area (Å²) in [5.74, 6) is 0.849. The molecule has 7 heteroatoms. The molecule has 4 rings (SSSR count). The number of anilines is 2. The van der Waals surface area contributed by atoms with Crippen molar-refractivity contribution in [3.63, 3.8) is 0 Å². The molecule has 1 aliphatic heterocycles. The van der Waals surface area contributed by atoms with Crippen LogP contribution in [0.3, 0.4) is 0 Å². The predicted molar refractivity (Wildman–Crippen MR) is 124 cm³/mol. The molecule has 1 fully saturated rings. The lowest BCUT2D eigenvalue weighted by Gasteiger charge is -2.31. The third kappa shape index (κ3) is 4.59. The van der Waals surface area contributed by atoms with E-state index < -0.39 is 0 Å². The molecule has 0 saturated carbocycles. The van der Waals surface area contributed by atoms with Gasteiger partial charge in [-0.3, -0.25) is 4.79 Å². The van der Waals surface area contributed by atoms with Crippen molar-refractivity contribution >= 4 is 28.2 Å². The molecule has 3 heterocycles. The number of thiazole rings is 1. The van der Waals surface area contributed by atoms with Gasteiger partial charge in [0, 0.05) is 36.1 Å². The molecule has 2 aromatic heterocycles. The lowest BCUT2D eigenvalue weighted by Crippen LogP contribution is -2.38. The first-order chi connectivity index (χ1) is 14.9. The van der Waals surface area contributed by atoms with Gasteiger partial charge in [-0.1, -0.05) is 17.7 Å². The molecule has 1 aliphatic rings. The molecule has 1 saturated heterocycles. The molecule has 0 bridgehead atoms. The number of nitriles is 1. The summed E-state index contributed by atoms with van der Waals surface area (Å²) < 4.78 is 0. The Balaban J connectivity index is 1.37. The van der Waals surface area contributed by atoms with Crippen LogP contribution < -0.4 is 10.2 Å². The van der Waals surface area contributed by atoms with Gasteiger partial charge in [-0.2, -0.15) is 5.26 Å². The summed E-state index contributed by atoms with van der Waals surface area (Å²) in [6, 6.07) is 10.1. The number of aryl methyl sites for hydroxylation is 3. The molecule has 1 N–H and O–H groups in total. The Morgan fingerprint density at radius 3 is 2.52 bits per heavy atom. The Morgan fingerprint density at radius 1 is 1.19 bits per heavy atom. The highest BCUT2D eigenvalue weighted by atomic mass is 32.1. The van der Waals surface area contributed by atoms with E-state index in [1.807, 2.05) is 11.4 Å². The van der Waals surface area contributed by atoms with E-state index in [1.54, 1.807) is 12.3 Å². The van der Waals surface area contributed by atoms with Gasteiger partial charge in [0.05, 0.1) is 11.3 Å². The molecule has 0 aliphatic carbocycles. The maximum Gasteiger partial charge on any atom is 0.229 e. The number of nitrogens with one attached hydrogen (secondary N) is 1. The van der Waals surface area contributed by atoms with Crippen LogP contribution in [-0.4, -0.2) is 29.0 Å². The second kappa shape index (κ2) is 8.86. The molecule has 6 nitrogen and oxygen atoms in total. The Morgan fingerprint density at radius 2 is 1.90 bits per heavy atom. The minimum atomic E-state index is -0.0372. The second-order valence-electron chi connectivity index (χ2n) is 8.08. The molecular weight excluding hydrogens is 406 g/mol. The zero-order valence-electron chi connectivity index (χ0n) is 18.0. The SMILES string of the molecule is Cc1cc(C)c(-c2csc(NC(=O)C3CCN(c4ccc(C#N)cn4)CC3)n2)c(C)c1. The van der Waals surface area contributed by atoms with E-state index in [0.29, 0.717) is 10.7 Å². The van der Waals surface area contributed by atoms with Crippen molar-refractivity contribution in [2.75, 3.05) is 23.3 Å². The summed E-state index contributed by atoms with van der Waals surface area (Å²) in [5, 5.41) is 14.6. The summed E-state index contributed by atoms with van der Waals surface area (Å²) in [5.41, 5.74) is 6.25. The van der Waals surface area contributed by atoms with Crippen LogP contribution in [0.25, 0.3) is 11.3 Å². The highest BCUT2D eigenvalue weighted by molar-refractivity contribution is 7.14. The smallest absolute Gasteiger partial charge is 0.229 e. The summed E-state index contributed by atoms with van der Waals surface area (Å²) in [6.45, 7) is 7.83. The maximum absolute atomic E-state index is 12.8. The molecule has 1 amide bonds. The molecule has 1 aromatic carbocycles. The largest absolute Gasteiger partial charge is 0.357 e. The normalized spacial score (nSPS) is 14.3. The zero-order valence-corrected chi connectivity index (χ0v) is 18.8. The number of nitrogens with zero attached hydrogens (tertiary/aromatic N) is 4. The first-order valence-electron chi connectivity index (χ1n) is 10.4. The average molecular weight is 432 g/mol. The van der Waals surface area contributed by atoms with E-state index in [4.69, 9.17) is 5.26 Å². The van der Waals surface area contributed by atoms with Crippen LogP contribution in [0.5, 0.6) is 0 Å². The monoisotopic (exact) mass is 431 g/mol. The van der Waals surface area contributed by atoms with E-state index in [0.717, 1.165) is 43.0 Å². The van der Waals surface area contributed by atoms with Gasteiger partial charge in [0.1, 0.15) is 11.9 Å². The summed E-state index contributed by atoms with van der Waals surface area (Å²) >= 11 is 1.47. The molecular formula is C24H25N5OS. The van der Waals surface area contributed by atoms with Crippen molar-refractivity contribution < 1.29 is 4.79 Å². The van der Waals surface area contributed by atoms with Gasteiger partial charge >= 0.3 is 0 Å². The third-order valence-electron chi connectivity index (χ3n) is 5.73. The molecule has 31 heavy (non-hydrogen) atoms. The lowest BCUT2D eigenvalue weighted by molar-refractivity contribution is -0.120. The number of benzene rings is 1. The van der Waals surface area contributed by atoms with Crippen LogP contribution in [0.1, 0.15) is 35.1 Å². The van der Waals surface area contributed by atoms with Gasteiger partial charge < -0.3 is 10.2 Å². The second-order valence-corrected chi connectivity index (χ2v) is 8.94. The maximum atomic E-state index is 12.8. The van der Waals surface area contributed by atoms with Crippen LogP contribution >= 0.6 is 11.3 Å². The van der Waals surface area contributed by atoms with Gasteiger partial charge in [-0.25, -0.2) is 9.97 Å². The Labute approximate surface area is 186 Å². The first-order valence-corrected chi connectivity index (χ1v) is 11.3. The van der Waals surface area contributed by atoms with Crippen LogP contribution in [0.2, 0.25) is 0 Å². The van der Waals surface area contributed by atoms with E-state index in [9.17, 15) is 4.79 Å². The van der Waals surface area contributed by atoms with Gasteiger partial charge in [0.15, 0.2) is 5.13 Å². The standard InChI is InChI=1S/C24H25N5OS/c1-15-10-16(2)22(17(3)11-15)20-14-31-24(27-20)28-23(30)19-6-8-29(9-7-19)21-5-4-18(12-25)13-26-21/h4-5,10-11,13-14,19H,6-9H2,1-3H3,(H,27,28,30). The Hall–Kier alpha value is -3.24. The number of carbonyl (C=O) groups is 1. The number of aromatic nitrogens is 2. The Kier molecular flexibility index (Phi) is 6.01. The average Bonchev–Trinajstić information content (AvgIpc) is 3.21. The third-order valence-corrected chi connectivity index (χ3v) is 6.49. The fourth-order valence-electron chi connectivity index (χ4n) is 4.25. The minimum Gasteiger partial charge on any atom is -0.357 e. The Bertz CT molecular complexity index is 1110. The highest BCUT2D eigenvalue weighted by Crippen LogP contribution is 2.31. The first kappa shape index (κ1) is 21.0. The molecule has 0 unspecified atom stereocenters. The molecule has 0 atom stereocenters. The molecule has 0 radical (unpaired) electrons. The van der Waals surface area contributed by atoms with Gasteiger partial charge in [-0.05, 0) is 56.9 Å². The number of piperidine rings is 1. The van der Waals surface area contributed by atoms with Crippen LogP contribution in [0.4, 0.5) is 10.9 Å². The topological polar surface area (TPSA) is 81.9 Å². The van der Waals surface area contributed by atoms with E-state index in [2.05, 4.69) is 59.2 Å². The molecule has 0 spiro atoms. The van der Waals surface area contributed by atoms with Gasteiger partial charge in [0.2, 0.25) is 5.91 Å². The van der Waals surface area contributed by atoms with Crippen molar-refractivity contribution in [2.45, 2.75) is 33.6 Å². The van der Waals surface area contributed by atoms with Crippen molar-refractivity contribution in [1.82, 2.24) is 9.97 Å². The van der Waals surface area contributed by atoms with E-state index in [1.165, 1.54) is 28.0 Å². The highest BCUT2D eigenvalue weighted by Gasteiger charge is 2.26. The lowest BCUT2D eigenvalue weighted by atomic mass is 9.96. The van der Waals surface area contributed by atoms with Crippen molar-refractivity contribution in [3.8, 4) is 17.3 Å². The van der Waals surface area contributed by atoms with E-state index in [-0.39, 0.29) is 11.8 Å². The number of rotatable bonds is 4. The summed E-state index contributed by atoms with van der Waals surface area (Å²) in [4.78, 5) is 24.0. The predicted octanol–water partition coefficient (Wildman–Crippen LogP) is 4.86. The van der Waals surface area contributed by atoms with Gasteiger partial charge in [0.25, 0.3) is 0 Å². The van der Waals surface area contributed by atoms with Crippen molar-refractivity contribution in [3.05, 3.63) is 58.1 Å². The number of amides is 1. The van der Waals surface area contributed by atoms with Crippen LogP contribution in [-0.2, 0) is 4.79 Å². The van der Waals surface area contributed by atoms with Crippen LogP contribution in [0, 0.1) is 38.0 Å². The summed E-state index contributed by atoms with van der Waals surface area (Å²) in [7, 11) is 0. The zero-order chi connectivity index (χ0) is 22.0. The number of hydrogen-bond donors (Lipinski definition) is 1.